The lowest BCUT2D eigenvalue weighted by molar-refractivity contribution is -0.141. The quantitative estimate of drug-likeness (QED) is 0.858. The number of ether oxygens (including phenoxy) is 1. The van der Waals surface area contributed by atoms with E-state index in [1.165, 1.54) is 0 Å². The molecule has 1 N–H and O–H groups in total. The lowest BCUT2D eigenvalue weighted by Crippen LogP contribution is -2.46. The number of carboxylic acids is 1. The Labute approximate surface area is 117 Å². The summed E-state index contributed by atoms with van der Waals surface area (Å²) < 4.78 is 7.00. The molecule has 1 aliphatic heterocycles. The van der Waals surface area contributed by atoms with Gasteiger partial charge in [0.05, 0.1) is 30.4 Å². The van der Waals surface area contributed by atoms with Crippen LogP contribution in [0.2, 0.25) is 0 Å². The molecule has 0 saturated carbocycles. The van der Waals surface area contributed by atoms with Gasteiger partial charge in [-0.25, -0.2) is 0 Å². The largest absolute Gasteiger partial charge is 0.481 e. The Morgan fingerprint density at radius 3 is 2.95 bits per heavy atom. The van der Waals surface area contributed by atoms with Crippen LogP contribution in [0, 0.1) is 0 Å². The predicted molar refractivity (Wildman–Crippen MR) is 70.5 cm³/mol. The van der Waals surface area contributed by atoms with Gasteiger partial charge >= 0.3 is 5.97 Å². The maximum absolute atomic E-state index is 12.5. The van der Waals surface area contributed by atoms with E-state index < -0.39 is 12.1 Å². The molecule has 2 rings (SSSR count). The molecule has 20 heavy (non-hydrogen) atoms. The van der Waals surface area contributed by atoms with Crippen LogP contribution in [0.1, 0.15) is 29.4 Å². The molecule has 0 bridgehead atoms. The molecule has 1 atom stereocenters. The molecule has 7 nitrogen and oxygen atoms in total. The molecule has 0 aromatic carbocycles. The first-order chi connectivity index (χ1) is 9.51. The van der Waals surface area contributed by atoms with Gasteiger partial charge in [-0.1, -0.05) is 6.92 Å². The average Bonchev–Trinajstić information content (AvgIpc) is 2.78. The van der Waals surface area contributed by atoms with Crippen molar-refractivity contribution in [1.82, 2.24) is 14.7 Å². The molecular formula is C13H19N3O4. The van der Waals surface area contributed by atoms with Crippen LogP contribution in [0.15, 0.2) is 6.20 Å². The second-order valence-corrected chi connectivity index (χ2v) is 4.86. The fraction of sp³-hybridized carbons (Fsp3) is 0.615. The molecule has 1 saturated heterocycles. The Balaban J connectivity index is 2.10. The van der Waals surface area contributed by atoms with Crippen molar-refractivity contribution in [3.05, 3.63) is 17.5 Å². The van der Waals surface area contributed by atoms with E-state index in [0.29, 0.717) is 31.7 Å². The first-order valence-electron chi connectivity index (χ1n) is 6.66. The monoisotopic (exact) mass is 281 g/mol. The third-order valence-electron chi connectivity index (χ3n) is 3.30. The van der Waals surface area contributed by atoms with Crippen molar-refractivity contribution in [1.29, 1.82) is 0 Å². The second kappa shape index (κ2) is 6.04. The van der Waals surface area contributed by atoms with Gasteiger partial charge in [0.2, 0.25) is 0 Å². The lowest BCUT2D eigenvalue weighted by atomic mass is 10.1. The summed E-state index contributed by atoms with van der Waals surface area (Å²) in [5.74, 6) is -1.02. The number of hydrogen-bond acceptors (Lipinski definition) is 4. The number of carbonyl (C=O) groups excluding carboxylic acids is 1. The van der Waals surface area contributed by atoms with Gasteiger partial charge in [-0.2, -0.15) is 5.10 Å². The third kappa shape index (κ3) is 3.16. The molecule has 110 valence electrons. The Hall–Kier alpha value is -1.89. The van der Waals surface area contributed by atoms with Crippen molar-refractivity contribution in [2.45, 2.75) is 25.9 Å². The van der Waals surface area contributed by atoms with Crippen molar-refractivity contribution in [2.75, 3.05) is 19.7 Å². The first-order valence-corrected chi connectivity index (χ1v) is 6.66. The van der Waals surface area contributed by atoms with Gasteiger partial charge < -0.3 is 14.7 Å². The summed E-state index contributed by atoms with van der Waals surface area (Å²) in [6, 6.07) is 0. The maximum atomic E-state index is 12.5. The number of aromatic nitrogens is 2. The molecule has 1 fully saturated rings. The number of amides is 1. The maximum Gasteiger partial charge on any atom is 0.306 e. The van der Waals surface area contributed by atoms with E-state index in [9.17, 15) is 9.59 Å². The molecule has 1 aliphatic rings. The van der Waals surface area contributed by atoms with Crippen LogP contribution in [-0.4, -0.2) is 57.5 Å². The minimum absolute atomic E-state index is 0.0859. The highest BCUT2D eigenvalue weighted by atomic mass is 16.5. The van der Waals surface area contributed by atoms with E-state index in [2.05, 4.69) is 5.10 Å². The molecule has 1 aromatic heterocycles. The third-order valence-corrected chi connectivity index (χ3v) is 3.30. The first kappa shape index (κ1) is 14.5. The zero-order valence-electron chi connectivity index (χ0n) is 11.7. The highest BCUT2D eigenvalue weighted by Crippen LogP contribution is 2.15. The molecular weight excluding hydrogens is 262 g/mol. The number of hydrogen-bond donors (Lipinski definition) is 1. The van der Waals surface area contributed by atoms with E-state index in [4.69, 9.17) is 9.84 Å². The molecule has 1 aromatic rings. The number of carbonyl (C=O) groups is 2. The number of rotatable bonds is 4. The van der Waals surface area contributed by atoms with Crippen molar-refractivity contribution >= 4 is 11.9 Å². The fourth-order valence-electron chi connectivity index (χ4n) is 2.37. The number of nitrogens with zero attached hydrogens (tertiary/aromatic N) is 3. The number of morpholine rings is 1. The summed E-state index contributed by atoms with van der Waals surface area (Å²) in [6.07, 6.45) is 1.87. The van der Waals surface area contributed by atoms with Crippen LogP contribution in [0.5, 0.6) is 0 Å². The summed E-state index contributed by atoms with van der Waals surface area (Å²) in [5.41, 5.74) is 1.35. The van der Waals surface area contributed by atoms with Gasteiger partial charge in [0.1, 0.15) is 0 Å². The van der Waals surface area contributed by atoms with E-state index >= 15 is 0 Å². The van der Waals surface area contributed by atoms with Crippen LogP contribution >= 0.6 is 0 Å². The van der Waals surface area contributed by atoms with E-state index in [1.807, 2.05) is 6.92 Å². The van der Waals surface area contributed by atoms with Gasteiger partial charge in [-0.15, -0.1) is 0 Å². The SMILES string of the molecule is CCc1nn(C)cc1C(=O)N1CCOC(CC(=O)O)C1. The number of aliphatic carboxylic acids is 1. The summed E-state index contributed by atoms with van der Waals surface area (Å²) in [6.45, 7) is 3.10. The molecule has 2 heterocycles. The summed E-state index contributed by atoms with van der Waals surface area (Å²) in [5, 5.41) is 13.1. The minimum Gasteiger partial charge on any atom is -0.481 e. The van der Waals surface area contributed by atoms with Crippen LogP contribution < -0.4 is 0 Å². The number of carboxylic acid groups (broad SMARTS) is 1. The Bertz CT molecular complexity index is 512. The highest BCUT2D eigenvalue weighted by Gasteiger charge is 2.28. The molecule has 0 spiro atoms. The molecule has 0 aliphatic carbocycles. The minimum atomic E-state index is -0.917. The van der Waals surface area contributed by atoms with E-state index in [1.54, 1.807) is 22.8 Å². The van der Waals surface area contributed by atoms with Crippen molar-refractivity contribution in [3.63, 3.8) is 0 Å². The van der Waals surface area contributed by atoms with Gasteiger partial charge in [0.25, 0.3) is 5.91 Å². The highest BCUT2D eigenvalue weighted by molar-refractivity contribution is 5.95. The predicted octanol–water partition coefficient (Wildman–Crippen LogP) is 0.298. The standard InChI is InChI=1S/C13H19N3O4/c1-3-11-10(8-15(2)14-11)13(19)16-4-5-20-9(7-16)6-12(17)18/h8-9H,3-7H2,1-2H3,(H,17,18). The van der Waals surface area contributed by atoms with Crippen molar-refractivity contribution in [2.24, 2.45) is 7.05 Å². The van der Waals surface area contributed by atoms with E-state index in [0.717, 1.165) is 5.69 Å². The van der Waals surface area contributed by atoms with Gasteiger partial charge in [0, 0.05) is 26.3 Å². The van der Waals surface area contributed by atoms with Gasteiger partial charge in [-0.05, 0) is 6.42 Å². The molecule has 1 unspecified atom stereocenters. The lowest BCUT2D eigenvalue weighted by Gasteiger charge is -2.32. The smallest absolute Gasteiger partial charge is 0.306 e. The normalized spacial score (nSPS) is 19.1. The topological polar surface area (TPSA) is 84.7 Å². The second-order valence-electron chi connectivity index (χ2n) is 4.86. The Morgan fingerprint density at radius 1 is 1.55 bits per heavy atom. The zero-order valence-corrected chi connectivity index (χ0v) is 11.7. The van der Waals surface area contributed by atoms with Crippen molar-refractivity contribution < 1.29 is 19.4 Å². The molecule has 0 radical (unpaired) electrons. The average molecular weight is 281 g/mol. The van der Waals surface area contributed by atoms with Gasteiger partial charge in [-0.3, -0.25) is 14.3 Å². The van der Waals surface area contributed by atoms with Crippen LogP contribution in [-0.2, 0) is 23.0 Å². The van der Waals surface area contributed by atoms with Crippen LogP contribution in [0.4, 0.5) is 0 Å². The Morgan fingerprint density at radius 2 is 2.30 bits per heavy atom. The van der Waals surface area contributed by atoms with Crippen LogP contribution in [0.3, 0.4) is 0 Å². The summed E-state index contributed by atoms with van der Waals surface area (Å²) in [4.78, 5) is 24.9. The van der Waals surface area contributed by atoms with Crippen LogP contribution in [0.25, 0.3) is 0 Å². The van der Waals surface area contributed by atoms with E-state index in [-0.39, 0.29) is 12.3 Å². The van der Waals surface area contributed by atoms with Gasteiger partial charge in [0.15, 0.2) is 0 Å². The molecule has 1 amide bonds. The number of aryl methyl sites for hydroxylation is 2. The summed E-state index contributed by atoms with van der Waals surface area (Å²) in [7, 11) is 1.78. The Kier molecular flexibility index (Phi) is 4.39. The van der Waals surface area contributed by atoms with Crippen molar-refractivity contribution in [3.8, 4) is 0 Å². The molecule has 7 heteroatoms. The zero-order chi connectivity index (χ0) is 14.7. The summed E-state index contributed by atoms with van der Waals surface area (Å²) >= 11 is 0. The fourth-order valence-corrected chi connectivity index (χ4v) is 2.37.